The van der Waals surface area contributed by atoms with Crippen molar-refractivity contribution in [2.75, 3.05) is 11.9 Å². The first kappa shape index (κ1) is 13.9. The molecule has 0 radical (unpaired) electrons. The molecule has 0 amide bonds. The summed E-state index contributed by atoms with van der Waals surface area (Å²) >= 11 is 0. The van der Waals surface area contributed by atoms with Crippen molar-refractivity contribution < 1.29 is 8.78 Å². The predicted octanol–water partition coefficient (Wildman–Crippen LogP) is 3.10. The highest BCUT2D eigenvalue weighted by Gasteiger charge is 2.24. The summed E-state index contributed by atoms with van der Waals surface area (Å²) in [5.41, 5.74) is 3.09. The molecule has 1 aliphatic rings. The van der Waals surface area contributed by atoms with Gasteiger partial charge in [-0.2, -0.15) is 5.10 Å². The molecule has 0 unspecified atom stereocenters. The van der Waals surface area contributed by atoms with Crippen LogP contribution in [0.1, 0.15) is 17.0 Å². The van der Waals surface area contributed by atoms with Gasteiger partial charge in [-0.25, -0.2) is 13.5 Å². The predicted molar refractivity (Wildman–Crippen MR) is 82.7 cm³/mol. The standard InChI is InChI=1S/C17H14F2N4/c18-11-4-5-16(14(19)9-11)23-17-13(6-8-21-17)15(22-23)10-12-3-1-2-7-20-12/h1-5,7,9,21H,6,8,10H2. The maximum Gasteiger partial charge on any atom is 0.151 e. The van der Waals surface area contributed by atoms with Gasteiger partial charge in [-0.15, -0.1) is 0 Å². The summed E-state index contributed by atoms with van der Waals surface area (Å²) in [5.74, 6) is -0.452. The van der Waals surface area contributed by atoms with Crippen LogP contribution in [0, 0.1) is 11.6 Å². The average Bonchev–Trinajstić information content (AvgIpc) is 3.13. The van der Waals surface area contributed by atoms with Gasteiger partial charge < -0.3 is 5.32 Å². The topological polar surface area (TPSA) is 42.7 Å². The number of benzene rings is 1. The largest absolute Gasteiger partial charge is 0.369 e. The summed E-state index contributed by atoms with van der Waals surface area (Å²) < 4.78 is 28.8. The molecule has 0 fully saturated rings. The molecule has 4 nitrogen and oxygen atoms in total. The number of pyridine rings is 1. The molecular formula is C17H14F2N4. The molecule has 0 spiro atoms. The zero-order chi connectivity index (χ0) is 15.8. The summed E-state index contributed by atoms with van der Waals surface area (Å²) in [5, 5.41) is 7.77. The second kappa shape index (κ2) is 5.46. The number of hydrogen-bond donors (Lipinski definition) is 1. The van der Waals surface area contributed by atoms with Gasteiger partial charge in [0.25, 0.3) is 0 Å². The van der Waals surface area contributed by atoms with E-state index in [4.69, 9.17) is 0 Å². The molecule has 0 saturated heterocycles. The number of nitrogens with zero attached hydrogens (tertiary/aromatic N) is 3. The van der Waals surface area contributed by atoms with Crippen molar-refractivity contribution >= 4 is 5.82 Å². The Bertz CT molecular complexity index is 859. The molecule has 23 heavy (non-hydrogen) atoms. The lowest BCUT2D eigenvalue weighted by molar-refractivity contribution is 0.573. The second-order valence-electron chi connectivity index (χ2n) is 5.46. The van der Waals surface area contributed by atoms with Gasteiger partial charge in [0, 0.05) is 36.5 Å². The van der Waals surface area contributed by atoms with Crippen molar-refractivity contribution in [2.45, 2.75) is 12.8 Å². The fourth-order valence-corrected chi connectivity index (χ4v) is 2.89. The quantitative estimate of drug-likeness (QED) is 0.808. The van der Waals surface area contributed by atoms with E-state index < -0.39 is 11.6 Å². The third-order valence-corrected chi connectivity index (χ3v) is 3.95. The Morgan fingerprint density at radius 1 is 1.17 bits per heavy atom. The van der Waals surface area contributed by atoms with Crippen LogP contribution in [0.15, 0.2) is 42.6 Å². The molecule has 1 N–H and O–H groups in total. The lowest BCUT2D eigenvalue weighted by Gasteiger charge is -2.07. The normalized spacial score (nSPS) is 13.0. The maximum atomic E-state index is 14.1. The zero-order valence-electron chi connectivity index (χ0n) is 12.3. The third kappa shape index (κ3) is 2.46. The first-order chi connectivity index (χ1) is 11.2. The first-order valence-corrected chi connectivity index (χ1v) is 7.42. The van der Waals surface area contributed by atoms with Crippen molar-refractivity contribution in [3.8, 4) is 5.69 Å². The summed E-state index contributed by atoms with van der Waals surface area (Å²) in [6.07, 6.45) is 3.16. The highest BCUT2D eigenvalue weighted by atomic mass is 19.1. The van der Waals surface area contributed by atoms with Crippen LogP contribution < -0.4 is 5.32 Å². The Kier molecular flexibility index (Phi) is 3.29. The molecule has 3 heterocycles. The number of fused-ring (bicyclic) bond motifs is 1. The lowest BCUT2D eigenvalue weighted by Crippen LogP contribution is -2.07. The monoisotopic (exact) mass is 312 g/mol. The Labute approximate surface area is 131 Å². The van der Waals surface area contributed by atoms with Crippen LogP contribution in [-0.4, -0.2) is 21.3 Å². The van der Waals surface area contributed by atoms with E-state index in [0.29, 0.717) is 6.42 Å². The van der Waals surface area contributed by atoms with Crippen LogP contribution in [0.5, 0.6) is 0 Å². The van der Waals surface area contributed by atoms with Crippen LogP contribution in [0.25, 0.3) is 5.69 Å². The molecule has 0 bridgehead atoms. The van der Waals surface area contributed by atoms with Gasteiger partial charge >= 0.3 is 0 Å². The van der Waals surface area contributed by atoms with Crippen LogP contribution in [-0.2, 0) is 12.8 Å². The van der Waals surface area contributed by atoms with Gasteiger partial charge in [-0.1, -0.05) is 6.07 Å². The number of halogens is 2. The minimum absolute atomic E-state index is 0.240. The Morgan fingerprint density at radius 2 is 2.09 bits per heavy atom. The van der Waals surface area contributed by atoms with Crippen molar-refractivity contribution in [1.29, 1.82) is 0 Å². The van der Waals surface area contributed by atoms with E-state index in [-0.39, 0.29) is 5.69 Å². The van der Waals surface area contributed by atoms with E-state index in [1.807, 2.05) is 18.2 Å². The number of rotatable bonds is 3. The zero-order valence-corrected chi connectivity index (χ0v) is 12.3. The van der Waals surface area contributed by atoms with Crippen molar-refractivity contribution in [3.63, 3.8) is 0 Å². The third-order valence-electron chi connectivity index (χ3n) is 3.95. The van der Waals surface area contributed by atoms with Crippen LogP contribution in [0.2, 0.25) is 0 Å². The van der Waals surface area contributed by atoms with Gasteiger partial charge in [0.15, 0.2) is 5.82 Å². The Morgan fingerprint density at radius 3 is 2.87 bits per heavy atom. The summed E-state index contributed by atoms with van der Waals surface area (Å²) in [4.78, 5) is 4.32. The fourth-order valence-electron chi connectivity index (χ4n) is 2.89. The van der Waals surface area contributed by atoms with E-state index in [9.17, 15) is 8.78 Å². The van der Waals surface area contributed by atoms with Gasteiger partial charge in [0.1, 0.15) is 17.3 Å². The maximum absolute atomic E-state index is 14.1. The van der Waals surface area contributed by atoms with Crippen molar-refractivity contribution in [3.05, 3.63) is 71.2 Å². The van der Waals surface area contributed by atoms with Gasteiger partial charge in [-0.05, 0) is 30.7 Å². The highest BCUT2D eigenvalue weighted by Crippen LogP contribution is 2.30. The molecule has 1 aliphatic heterocycles. The first-order valence-electron chi connectivity index (χ1n) is 7.42. The molecule has 0 aliphatic carbocycles. The minimum Gasteiger partial charge on any atom is -0.369 e. The number of aromatic nitrogens is 3. The average molecular weight is 312 g/mol. The van der Waals surface area contributed by atoms with E-state index in [2.05, 4.69) is 15.4 Å². The van der Waals surface area contributed by atoms with E-state index >= 15 is 0 Å². The van der Waals surface area contributed by atoms with Crippen LogP contribution >= 0.6 is 0 Å². The fraction of sp³-hybridized carbons (Fsp3) is 0.176. The Hall–Kier alpha value is -2.76. The summed E-state index contributed by atoms with van der Waals surface area (Å²) in [6, 6.07) is 9.24. The number of hydrogen-bond acceptors (Lipinski definition) is 3. The minimum atomic E-state index is -0.631. The molecular weight excluding hydrogens is 298 g/mol. The van der Waals surface area contributed by atoms with Crippen LogP contribution in [0.4, 0.5) is 14.6 Å². The molecule has 116 valence electrons. The SMILES string of the molecule is Fc1ccc(-n2nc(Cc3ccccn3)c3c2NCC3)c(F)c1. The highest BCUT2D eigenvalue weighted by molar-refractivity contribution is 5.57. The van der Waals surface area contributed by atoms with E-state index in [1.165, 1.54) is 16.8 Å². The van der Waals surface area contributed by atoms with Crippen molar-refractivity contribution in [2.24, 2.45) is 0 Å². The van der Waals surface area contributed by atoms with E-state index in [0.717, 1.165) is 41.8 Å². The molecule has 0 atom stereocenters. The molecule has 6 heteroatoms. The summed E-state index contributed by atoms with van der Waals surface area (Å²) in [7, 11) is 0. The van der Waals surface area contributed by atoms with Gasteiger partial charge in [0.2, 0.25) is 0 Å². The molecule has 4 rings (SSSR count). The van der Waals surface area contributed by atoms with Gasteiger partial charge in [0.05, 0.1) is 5.69 Å². The molecule has 1 aromatic carbocycles. The molecule has 0 saturated carbocycles. The van der Waals surface area contributed by atoms with E-state index in [1.54, 1.807) is 6.20 Å². The molecule has 3 aromatic rings. The van der Waals surface area contributed by atoms with Gasteiger partial charge in [-0.3, -0.25) is 4.98 Å². The lowest BCUT2D eigenvalue weighted by atomic mass is 10.1. The molecule has 2 aromatic heterocycles. The van der Waals surface area contributed by atoms with Crippen molar-refractivity contribution in [1.82, 2.24) is 14.8 Å². The Balaban J connectivity index is 1.78. The smallest absolute Gasteiger partial charge is 0.151 e. The number of anilines is 1. The van der Waals surface area contributed by atoms with Crippen LogP contribution in [0.3, 0.4) is 0 Å². The second-order valence-corrected chi connectivity index (χ2v) is 5.46. The number of nitrogens with one attached hydrogen (secondary N) is 1. The summed E-state index contributed by atoms with van der Waals surface area (Å²) in [6.45, 7) is 0.783.